The Bertz CT molecular complexity index is 4540. The lowest BCUT2D eigenvalue weighted by molar-refractivity contribution is -0.144. The first-order valence-electron chi connectivity index (χ1n) is 33.6. The number of aliphatic hydroxyl groups excluding tert-OH is 2. The van der Waals surface area contributed by atoms with Gasteiger partial charge in [0.1, 0.15) is 36.2 Å². The summed E-state index contributed by atoms with van der Waals surface area (Å²) in [7, 11) is 0. The number of terminal acetylenes is 1. The minimum absolute atomic E-state index is 0.153. The molecule has 0 bridgehead atoms. The van der Waals surface area contributed by atoms with E-state index >= 15 is 0 Å². The van der Waals surface area contributed by atoms with Gasteiger partial charge in [0, 0.05) is 38.8 Å². The van der Waals surface area contributed by atoms with Gasteiger partial charge in [-0.05, 0) is 229 Å². The summed E-state index contributed by atoms with van der Waals surface area (Å²) in [6.07, 6.45) is 1.96. The number of ether oxygens (including phenoxy) is 5. The maximum Gasteiger partial charge on any atom is 0.346 e. The molecule has 13 rings (SSSR count). The summed E-state index contributed by atoms with van der Waals surface area (Å²) in [4.78, 5) is 50.8. The lowest BCUT2D eigenvalue weighted by atomic mass is 10.1. The Kier molecular flexibility index (Phi) is 29.7. The molecule has 104 heavy (non-hydrogen) atoms. The molecule has 1 saturated heterocycles. The molecule has 21 nitrogen and oxygen atoms in total. The van der Waals surface area contributed by atoms with Gasteiger partial charge in [-0.15, -0.1) is 6.42 Å². The van der Waals surface area contributed by atoms with E-state index in [1.54, 1.807) is 6.07 Å². The highest BCUT2D eigenvalue weighted by Gasteiger charge is 2.30. The third kappa shape index (κ3) is 24.0. The molecule has 4 unspecified atom stereocenters. The summed E-state index contributed by atoms with van der Waals surface area (Å²) >= 11 is 6.78. The smallest absolute Gasteiger partial charge is 0.346 e. The molecule has 0 saturated carbocycles. The van der Waals surface area contributed by atoms with Crippen LogP contribution in [0.25, 0.3) is 0 Å². The van der Waals surface area contributed by atoms with E-state index in [0.717, 1.165) is 114 Å². The van der Waals surface area contributed by atoms with Gasteiger partial charge in [0.25, 0.3) is 17.7 Å². The Morgan fingerprint density at radius 1 is 0.471 bits per heavy atom. The van der Waals surface area contributed by atoms with Crippen molar-refractivity contribution in [2.75, 3.05) is 115 Å². The topological polar surface area (TPSA) is 289 Å². The van der Waals surface area contributed by atoms with Gasteiger partial charge in [-0.1, -0.05) is 78.1 Å². The van der Waals surface area contributed by atoms with Gasteiger partial charge in [0.2, 0.25) is 6.10 Å². The van der Waals surface area contributed by atoms with Crippen LogP contribution >= 0.6 is 31.9 Å². The van der Waals surface area contributed by atoms with Crippen molar-refractivity contribution in [3.05, 3.63) is 210 Å². The second-order valence-electron chi connectivity index (χ2n) is 24.9. The van der Waals surface area contributed by atoms with Gasteiger partial charge in [-0.3, -0.25) is 19.3 Å². The number of aliphatic carboxylic acids is 1. The second-order valence-corrected chi connectivity index (χ2v) is 26.6. The van der Waals surface area contributed by atoms with E-state index in [2.05, 4.69) is 104 Å². The number of nitrogen functional groups attached to an aromatic ring is 1. The van der Waals surface area contributed by atoms with Gasteiger partial charge in [-0.2, -0.15) is 0 Å². The van der Waals surface area contributed by atoms with E-state index < -0.39 is 30.4 Å². The van der Waals surface area contributed by atoms with Crippen LogP contribution in [0.2, 0.25) is 0 Å². The number of amides is 3. The number of aryl methyl sites for hydroxylation is 8. The minimum atomic E-state index is -0.941. The number of halogens is 2. The number of carbonyl (C=O) groups excluding carboxylic acids is 3. The number of carboxylic acid groups (broad SMARTS) is 1. The van der Waals surface area contributed by atoms with Gasteiger partial charge in [0.05, 0.1) is 85.7 Å². The molecule has 5 heterocycles. The number of nitrogens with one attached hydrogen (secondary N) is 7. The van der Waals surface area contributed by atoms with Gasteiger partial charge < -0.3 is 82.0 Å². The third-order valence-electron chi connectivity index (χ3n) is 16.1. The summed E-state index contributed by atoms with van der Waals surface area (Å²) in [5, 5.41) is 46.8. The average Bonchev–Trinajstić information content (AvgIpc) is 0.826. The van der Waals surface area contributed by atoms with Crippen molar-refractivity contribution in [2.24, 2.45) is 0 Å². The van der Waals surface area contributed by atoms with Crippen LogP contribution in [0.15, 0.2) is 155 Å². The van der Waals surface area contributed by atoms with Crippen molar-refractivity contribution in [2.45, 2.75) is 79.8 Å². The fourth-order valence-electron chi connectivity index (χ4n) is 10.6. The Morgan fingerprint density at radius 2 is 0.798 bits per heavy atom. The maximum absolute atomic E-state index is 12.9. The molecule has 1 fully saturated rings. The molecule has 0 radical (unpaired) electrons. The maximum atomic E-state index is 12.9. The zero-order valence-electron chi connectivity index (χ0n) is 59.3. The Labute approximate surface area is 624 Å². The first-order chi connectivity index (χ1) is 49.9. The number of anilines is 8. The molecule has 3 amide bonds. The fourth-order valence-corrected chi connectivity index (χ4v) is 11.7. The number of hydrogen-bond acceptors (Lipinski definition) is 17. The summed E-state index contributed by atoms with van der Waals surface area (Å²) < 4.78 is 30.0. The van der Waals surface area contributed by atoms with Crippen molar-refractivity contribution in [1.82, 2.24) is 4.90 Å². The van der Waals surface area contributed by atoms with Crippen LogP contribution in [0.3, 0.4) is 0 Å². The molecule has 5 aliphatic heterocycles. The zero-order chi connectivity index (χ0) is 74.8. The number of nitrogens with zero attached hydrogens (tertiary/aromatic N) is 1. The number of carboxylic acids is 1. The Hall–Kier alpha value is -10.7. The number of morpholine rings is 1. The molecule has 8 aromatic carbocycles. The van der Waals surface area contributed by atoms with E-state index in [1.807, 2.05) is 201 Å². The van der Waals surface area contributed by atoms with Gasteiger partial charge in [-0.25, -0.2) is 4.79 Å². The number of nitrogens with two attached hydrogens (primary N) is 1. The predicted octanol–water partition coefficient (Wildman–Crippen LogP) is 12.3. The van der Waals surface area contributed by atoms with Crippen LogP contribution in [-0.4, -0.2) is 141 Å². The molecule has 0 aliphatic carbocycles. The largest absolute Gasteiger partial charge is 0.478 e. The number of benzene rings is 8. The molecule has 0 aromatic heterocycles. The molecule has 5 aliphatic rings. The summed E-state index contributed by atoms with van der Waals surface area (Å²) in [6.45, 7) is 21.2. The zero-order valence-corrected chi connectivity index (χ0v) is 62.5. The Morgan fingerprint density at radius 3 is 1.16 bits per heavy atom. The number of carbonyl (C=O) groups is 4. The minimum Gasteiger partial charge on any atom is -0.478 e. The highest BCUT2D eigenvalue weighted by atomic mass is 79.9. The average molecular weight is 1540 g/mol. The molecular formula is C81H87Br2N9O12. The predicted molar refractivity (Wildman–Crippen MR) is 418 cm³/mol. The number of hydrogen-bond donors (Lipinski definition) is 11. The van der Waals surface area contributed by atoms with Gasteiger partial charge >= 0.3 is 5.97 Å². The van der Waals surface area contributed by atoms with Crippen LogP contribution in [0, 0.1) is 91.4 Å². The van der Waals surface area contributed by atoms with Crippen molar-refractivity contribution in [1.29, 1.82) is 0 Å². The normalized spacial score (nSPS) is 15.9. The second kappa shape index (κ2) is 39.1. The highest BCUT2D eigenvalue weighted by Crippen LogP contribution is 2.35. The summed E-state index contributed by atoms with van der Waals surface area (Å²) in [6, 6.07) is 46.3. The first-order valence-corrected chi connectivity index (χ1v) is 35.2. The first kappa shape index (κ1) is 79.0. The SMILES string of the molecule is C#CCO.Cc1ccc(N)c(Br)c1.Cc1ccc(NC(=O)C2CNc3cc(C)ccc3O2)c(Br)c1.Cc1ccc(NC(=O)C2CNc3cc(C)ccc3O2)c(C#CCN2CCOCC2)c1.Cc1ccc(NC(=O)C2CNc3cc(C)ccc3O2)c(C#CCO)c1.Cc1ccc2c(c1)NCC(C(=O)O)O2. The molecule has 12 N–H and O–H groups in total. The van der Waals surface area contributed by atoms with Crippen LogP contribution in [-0.2, 0) is 23.9 Å². The highest BCUT2D eigenvalue weighted by molar-refractivity contribution is 9.11. The standard InChI is InChI=1S/C24H27N3O3.C20H20N2O3.C17H17BrN2O2.C10H11NO3.C7H8BrN.C3H4O/c1-17-5-7-20(19(14-17)4-3-9-27-10-12-29-13-11-27)26-24(28)23-16-25-21-15-18(2)6-8-22(21)30-23;1-13-5-7-16(15(10-13)4-3-9-23)22-20(24)19-12-21-17-11-14(2)6-8-18(17)25-19;1-10-3-5-13(12(18)7-10)20-17(21)16-9-19-14-8-11(2)4-6-15(14)22-16;1-6-2-3-8-7(4-6)11-5-9(14-8)10(12)13;1-5-2-3-7(9)6(8)4-5;1-2-3-4/h5-8,14-15,23,25H,9-13,16H2,1-2H3,(H,26,28);5-8,10-11,19,21,23H,9,12H2,1-2H3,(H,22,24);3-8,16,19H,9H2,1-2H3,(H,20,21);2-4,9,11H,5H2,1H3,(H,12,13);2-4H,9H2,1H3;1,4H,3H2. The van der Waals surface area contributed by atoms with Crippen molar-refractivity contribution < 1.29 is 58.2 Å². The van der Waals surface area contributed by atoms with Crippen LogP contribution in [0.4, 0.5) is 45.5 Å². The number of fused-ring (bicyclic) bond motifs is 4. The molecule has 0 spiro atoms. The summed E-state index contributed by atoms with van der Waals surface area (Å²) in [5.41, 5.74) is 22.5. The molecule has 4 atom stereocenters. The molecular weight excluding hydrogens is 1450 g/mol. The van der Waals surface area contributed by atoms with Crippen LogP contribution < -0.4 is 61.9 Å². The lowest BCUT2D eigenvalue weighted by Crippen LogP contribution is -2.41. The van der Waals surface area contributed by atoms with E-state index in [-0.39, 0.29) is 30.9 Å². The molecule has 23 heteroatoms. The van der Waals surface area contributed by atoms with E-state index in [9.17, 15) is 19.2 Å². The van der Waals surface area contributed by atoms with E-state index in [4.69, 9.17) is 44.7 Å². The van der Waals surface area contributed by atoms with Crippen molar-refractivity contribution >= 4 is 101 Å². The van der Waals surface area contributed by atoms with E-state index in [0.29, 0.717) is 72.7 Å². The Balaban J connectivity index is 0.000000169. The monoisotopic (exact) mass is 1540 g/mol. The van der Waals surface area contributed by atoms with Crippen LogP contribution in [0.5, 0.6) is 23.0 Å². The summed E-state index contributed by atoms with van der Waals surface area (Å²) in [5.74, 6) is 15.1. The van der Waals surface area contributed by atoms with E-state index in [1.165, 1.54) is 5.56 Å². The van der Waals surface area contributed by atoms with Crippen molar-refractivity contribution in [3.8, 4) is 59.0 Å². The molecule has 542 valence electrons. The third-order valence-corrected chi connectivity index (χ3v) is 17.5. The van der Waals surface area contributed by atoms with Gasteiger partial charge in [0.15, 0.2) is 18.3 Å². The quantitative estimate of drug-likeness (QED) is 0.0498. The fraction of sp³-hybridized carbons (Fsp3) is 0.284. The van der Waals surface area contributed by atoms with Crippen LogP contribution in [0.1, 0.15) is 55.6 Å². The lowest BCUT2D eigenvalue weighted by Gasteiger charge is -2.27. The molecule has 8 aromatic rings. The number of rotatable bonds is 8. The number of aliphatic hydroxyl groups is 2. The van der Waals surface area contributed by atoms with Crippen molar-refractivity contribution in [3.63, 3.8) is 0 Å².